The monoisotopic (exact) mass is 257 g/mol. The number of nitrogens with zero attached hydrogens (tertiary/aromatic N) is 1. The van der Waals surface area contributed by atoms with Crippen LogP contribution in [-0.2, 0) is 19.7 Å². The Labute approximate surface area is 112 Å². The number of carbonyl (C=O) groups is 2. The molecule has 1 atom stereocenters. The Kier molecular flexibility index (Phi) is 3.30. The number of rotatable bonds is 1. The molecule has 0 saturated carbocycles. The number of anilines is 1. The molecule has 1 heterocycles. The third-order valence-corrected chi connectivity index (χ3v) is 3.23. The molecule has 0 fully saturated rings. The minimum atomic E-state index is -0.988. The number of para-hydroxylation sites is 1. The molecule has 0 bridgehead atoms. The lowest BCUT2D eigenvalue weighted by Crippen LogP contribution is -2.35. The summed E-state index contributed by atoms with van der Waals surface area (Å²) < 4.78 is 4.76. The molecule has 1 amide bonds. The van der Waals surface area contributed by atoms with Gasteiger partial charge >= 0.3 is 5.97 Å². The summed E-state index contributed by atoms with van der Waals surface area (Å²) in [6, 6.07) is 7.45. The second-order valence-corrected chi connectivity index (χ2v) is 4.48. The summed E-state index contributed by atoms with van der Waals surface area (Å²) in [5.74, 6) is 4.42. The molecule has 0 aliphatic carbocycles. The van der Waals surface area contributed by atoms with Gasteiger partial charge in [0.15, 0.2) is 0 Å². The van der Waals surface area contributed by atoms with Gasteiger partial charge in [-0.3, -0.25) is 4.79 Å². The van der Waals surface area contributed by atoms with E-state index in [9.17, 15) is 9.59 Å². The third kappa shape index (κ3) is 2.08. The van der Waals surface area contributed by atoms with Crippen molar-refractivity contribution in [3.05, 3.63) is 29.8 Å². The van der Waals surface area contributed by atoms with Crippen LogP contribution in [0.25, 0.3) is 0 Å². The number of benzene rings is 1. The van der Waals surface area contributed by atoms with Crippen molar-refractivity contribution in [1.29, 1.82) is 0 Å². The van der Waals surface area contributed by atoms with Gasteiger partial charge in [0.05, 0.1) is 6.61 Å². The molecule has 0 saturated heterocycles. The highest BCUT2D eigenvalue weighted by atomic mass is 16.5. The first kappa shape index (κ1) is 13.2. The summed E-state index contributed by atoms with van der Waals surface area (Å²) in [4.78, 5) is 25.2. The molecular weight excluding hydrogens is 242 g/mol. The first-order valence-corrected chi connectivity index (χ1v) is 6.08. The molecule has 1 aromatic rings. The van der Waals surface area contributed by atoms with Crippen LogP contribution >= 0.6 is 0 Å². The van der Waals surface area contributed by atoms with Crippen molar-refractivity contribution in [3.8, 4) is 11.8 Å². The predicted molar refractivity (Wildman–Crippen MR) is 71.6 cm³/mol. The number of esters is 1. The van der Waals surface area contributed by atoms with Gasteiger partial charge in [0.25, 0.3) is 0 Å². The molecule has 1 unspecified atom stereocenters. The van der Waals surface area contributed by atoms with Crippen molar-refractivity contribution in [2.75, 3.05) is 18.6 Å². The van der Waals surface area contributed by atoms with Crippen molar-refractivity contribution in [3.63, 3.8) is 0 Å². The van der Waals surface area contributed by atoms with E-state index in [4.69, 9.17) is 4.74 Å². The fourth-order valence-electron chi connectivity index (χ4n) is 2.21. The maximum Gasteiger partial charge on any atom is 0.384 e. The fourth-order valence-corrected chi connectivity index (χ4v) is 2.21. The highest BCUT2D eigenvalue weighted by molar-refractivity contribution is 6.10. The van der Waals surface area contributed by atoms with Gasteiger partial charge in [0.2, 0.25) is 5.91 Å². The number of fused-ring (bicyclic) bond motifs is 1. The summed E-state index contributed by atoms with van der Waals surface area (Å²) in [5, 5.41) is 0. The van der Waals surface area contributed by atoms with Gasteiger partial charge in [-0.1, -0.05) is 24.1 Å². The summed E-state index contributed by atoms with van der Waals surface area (Å²) >= 11 is 0. The van der Waals surface area contributed by atoms with Crippen molar-refractivity contribution in [2.24, 2.45) is 0 Å². The minimum absolute atomic E-state index is 0.134. The topological polar surface area (TPSA) is 46.6 Å². The van der Waals surface area contributed by atoms with Crippen LogP contribution in [0.3, 0.4) is 0 Å². The average Bonchev–Trinajstić information content (AvgIpc) is 2.61. The van der Waals surface area contributed by atoms with Crippen LogP contribution in [0.5, 0.6) is 0 Å². The Morgan fingerprint density at radius 2 is 2.11 bits per heavy atom. The molecule has 2 rings (SSSR count). The summed E-state index contributed by atoms with van der Waals surface area (Å²) in [6.07, 6.45) is 0. The van der Waals surface area contributed by atoms with Crippen LogP contribution in [-0.4, -0.2) is 25.5 Å². The van der Waals surface area contributed by atoms with E-state index in [0.29, 0.717) is 0 Å². The quantitative estimate of drug-likeness (QED) is 0.435. The molecule has 0 spiro atoms. The Morgan fingerprint density at radius 1 is 1.42 bits per heavy atom. The number of ether oxygens (including phenoxy) is 1. The fraction of sp³-hybridized carbons (Fsp3) is 0.333. The Bertz CT molecular complexity index is 597. The molecular formula is C15H15NO3. The van der Waals surface area contributed by atoms with Crippen molar-refractivity contribution in [2.45, 2.75) is 19.3 Å². The van der Waals surface area contributed by atoms with E-state index < -0.39 is 11.4 Å². The lowest BCUT2D eigenvalue weighted by atomic mass is 9.84. The zero-order chi connectivity index (χ0) is 14.0. The van der Waals surface area contributed by atoms with E-state index in [2.05, 4.69) is 11.8 Å². The second kappa shape index (κ2) is 4.77. The zero-order valence-electron chi connectivity index (χ0n) is 11.2. The van der Waals surface area contributed by atoms with Crippen LogP contribution < -0.4 is 4.90 Å². The molecule has 4 nitrogen and oxygen atoms in total. The minimum Gasteiger partial charge on any atom is -0.456 e. The van der Waals surface area contributed by atoms with Gasteiger partial charge in [0, 0.05) is 24.2 Å². The molecule has 4 heteroatoms. The van der Waals surface area contributed by atoms with Gasteiger partial charge in [0.1, 0.15) is 5.41 Å². The Hall–Kier alpha value is -2.28. The van der Waals surface area contributed by atoms with E-state index in [0.717, 1.165) is 11.3 Å². The van der Waals surface area contributed by atoms with E-state index in [1.807, 2.05) is 24.3 Å². The number of hydrogen-bond donors (Lipinski definition) is 0. The van der Waals surface area contributed by atoms with Crippen molar-refractivity contribution >= 4 is 17.6 Å². The van der Waals surface area contributed by atoms with Crippen LogP contribution in [0.15, 0.2) is 24.3 Å². The smallest absolute Gasteiger partial charge is 0.384 e. The normalized spacial score (nSPS) is 20.6. The second-order valence-electron chi connectivity index (χ2n) is 4.48. The van der Waals surface area contributed by atoms with Gasteiger partial charge in [-0.15, -0.1) is 0 Å². The SMILES string of the molecule is CCOC(=O)C#CC1(C)C(=O)N(C)c2ccccc21. The van der Waals surface area contributed by atoms with Gasteiger partial charge in [-0.25, -0.2) is 4.79 Å². The van der Waals surface area contributed by atoms with E-state index in [1.54, 1.807) is 25.8 Å². The largest absolute Gasteiger partial charge is 0.456 e. The Balaban J connectivity index is 2.44. The Morgan fingerprint density at radius 3 is 2.79 bits per heavy atom. The first-order valence-electron chi connectivity index (χ1n) is 6.08. The van der Waals surface area contributed by atoms with E-state index in [1.165, 1.54) is 0 Å². The van der Waals surface area contributed by atoms with E-state index in [-0.39, 0.29) is 12.5 Å². The lowest BCUT2D eigenvalue weighted by Gasteiger charge is -2.15. The van der Waals surface area contributed by atoms with Crippen molar-refractivity contribution in [1.82, 2.24) is 0 Å². The van der Waals surface area contributed by atoms with Crippen LogP contribution in [0, 0.1) is 11.8 Å². The van der Waals surface area contributed by atoms with E-state index >= 15 is 0 Å². The maximum absolute atomic E-state index is 12.3. The lowest BCUT2D eigenvalue weighted by molar-refractivity contribution is -0.136. The number of likely N-dealkylation sites (N-methyl/N-ethyl adjacent to an activating group) is 1. The molecule has 0 radical (unpaired) electrons. The number of amides is 1. The molecule has 19 heavy (non-hydrogen) atoms. The average molecular weight is 257 g/mol. The highest BCUT2D eigenvalue weighted by Crippen LogP contribution is 2.40. The molecule has 1 aliphatic rings. The zero-order valence-corrected chi connectivity index (χ0v) is 11.2. The third-order valence-electron chi connectivity index (χ3n) is 3.23. The van der Waals surface area contributed by atoms with Gasteiger partial charge in [-0.2, -0.15) is 0 Å². The number of carbonyl (C=O) groups excluding carboxylic acids is 2. The van der Waals surface area contributed by atoms with Crippen LogP contribution in [0.4, 0.5) is 5.69 Å². The maximum atomic E-state index is 12.3. The summed E-state index contributed by atoms with van der Waals surface area (Å²) in [6.45, 7) is 3.71. The summed E-state index contributed by atoms with van der Waals surface area (Å²) in [5.41, 5.74) is 0.658. The molecule has 0 N–H and O–H groups in total. The summed E-state index contributed by atoms with van der Waals surface area (Å²) in [7, 11) is 1.71. The van der Waals surface area contributed by atoms with Gasteiger partial charge in [-0.05, 0) is 19.9 Å². The van der Waals surface area contributed by atoms with Crippen LogP contribution in [0.2, 0.25) is 0 Å². The first-order chi connectivity index (χ1) is 9.00. The predicted octanol–water partition coefficient (Wildman–Crippen LogP) is 1.49. The standard InChI is InChI=1S/C15H15NO3/c1-4-19-13(17)9-10-15(2)11-7-5-6-8-12(11)16(3)14(15)18/h5-8H,4H2,1-3H3. The molecule has 0 aromatic heterocycles. The van der Waals surface area contributed by atoms with Crippen molar-refractivity contribution < 1.29 is 14.3 Å². The van der Waals surface area contributed by atoms with Crippen LogP contribution in [0.1, 0.15) is 19.4 Å². The number of hydrogen-bond acceptors (Lipinski definition) is 3. The molecule has 98 valence electrons. The highest BCUT2D eigenvalue weighted by Gasteiger charge is 2.44. The molecule has 1 aromatic carbocycles. The van der Waals surface area contributed by atoms with Gasteiger partial charge < -0.3 is 9.64 Å². The molecule has 1 aliphatic heterocycles.